The van der Waals surface area contributed by atoms with E-state index in [0.717, 1.165) is 49.8 Å². The number of rotatable bonds is 6. The van der Waals surface area contributed by atoms with E-state index in [9.17, 15) is 4.79 Å². The summed E-state index contributed by atoms with van der Waals surface area (Å²) in [5.41, 5.74) is 2.42. The molecule has 4 rings (SSSR count). The Kier molecular flexibility index (Phi) is 6.32. The number of carbonyl (C=O) groups is 1. The lowest BCUT2D eigenvalue weighted by Gasteiger charge is -2.29. The lowest BCUT2D eigenvalue weighted by atomic mass is 10.1. The van der Waals surface area contributed by atoms with E-state index < -0.39 is 0 Å². The van der Waals surface area contributed by atoms with Crippen LogP contribution in [0.1, 0.15) is 24.1 Å². The third kappa shape index (κ3) is 5.28. The fourth-order valence-corrected chi connectivity index (χ4v) is 4.13. The predicted molar refractivity (Wildman–Crippen MR) is 110 cm³/mol. The van der Waals surface area contributed by atoms with Gasteiger partial charge in [-0.1, -0.05) is 36.4 Å². The summed E-state index contributed by atoms with van der Waals surface area (Å²) in [6, 6.07) is 16.5. The van der Waals surface area contributed by atoms with Crippen LogP contribution in [0.15, 0.2) is 48.5 Å². The van der Waals surface area contributed by atoms with Gasteiger partial charge in [-0.2, -0.15) is 0 Å². The van der Waals surface area contributed by atoms with Gasteiger partial charge in [-0.15, -0.1) is 0 Å². The van der Waals surface area contributed by atoms with Crippen LogP contribution in [0, 0.1) is 0 Å². The van der Waals surface area contributed by atoms with Crippen LogP contribution in [0.3, 0.4) is 0 Å². The number of nitrogens with one attached hydrogen (secondary N) is 3. The summed E-state index contributed by atoms with van der Waals surface area (Å²) in [5, 5.41) is 3.14. The normalized spacial score (nSPS) is 22.0. The minimum atomic E-state index is -0.0530. The molecule has 1 fully saturated rings. The van der Waals surface area contributed by atoms with Crippen LogP contribution in [-0.2, 0) is 11.3 Å². The first-order valence-electron chi connectivity index (χ1n) is 10.6. The monoisotopic (exact) mass is 397 g/mol. The molecular weight excluding hydrogens is 366 g/mol. The second kappa shape index (κ2) is 9.29. The molecule has 6 nitrogen and oxygen atoms in total. The molecule has 1 amide bonds. The highest BCUT2D eigenvalue weighted by Gasteiger charge is 2.25. The summed E-state index contributed by atoms with van der Waals surface area (Å²) in [6.07, 6.45) is 0. The van der Waals surface area contributed by atoms with Gasteiger partial charge in [0.25, 0.3) is 5.91 Å². The molecule has 0 unspecified atom stereocenters. The predicted octanol–water partition coefficient (Wildman–Crippen LogP) is -0.381. The van der Waals surface area contributed by atoms with E-state index >= 15 is 0 Å². The molecule has 1 atom stereocenters. The Balaban J connectivity index is 1.23. The number of ether oxygens (including phenoxy) is 2. The first kappa shape index (κ1) is 19.7. The molecule has 2 aromatic rings. The van der Waals surface area contributed by atoms with Gasteiger partial charge in [0, 0.05) is 5.56 Å². The highest BCUT2D eigenvalue weighted by Crippen LogP contribution is 2.32. The Bertz CT molecular complexity index is 819. The molecular formula is C23H31N3O3+2. The average Bonchev–Trinajstić information content (AvgIpc) is 2.75. The Hall–Kier alpha value is -2.57. The third-order valence-electron chi connectivity index (χ3n) is 5.82. The molecule has 0 spiro atoms. The maximum absolute atomic E-state index is 12.6. The van der Waals surface area contributed by atoms with Gasteiger partial charge in [0.05, 0.1) is 6.04 Å². The van der Waals surface area contributed by atoms with E-state index in [-0.39, 0.29) is 11.9 Å². The second-order valence-corrected chi connectivity index (χ2v) is 8.03. The van der Waals surface area contributed by atoms with Crippen LogP contribution in [0.4, 0.5) is 0 Å². The smallest absolute Gasteiger partial charge is 0.275 e. The topological polar surface area (TPSA) is 56.4 Å². The van der Waals surface area contributed by atoms with Gasteiger partial charge in [0.2, 0.25) is 0 Å². The van der Waals surface area contributed by atoms with E-state index in [0.29, 0.717) is 19.8 Å². The Morgan fingerprint density at radius 3 is 2.41 bits per heavy atom. The maximum Gasteiger partial charge on any atom is 0.275 e. The molecule has 2 aliphatic rings. The summed E-state index contributed by atoms with van der Waals surface area (Å²) in [5.74, 6) is 1.64. The standard InChI is InChI=1S/C23H29N3O3/c1-18(20-7-8-21-22(15-20)29-14-13-28-21)24-23(27)17-26-11-9-25(10-12-26)16-19-5-3-2-4-6-19/h2-8,15,18H,9-14,16-17H2,1H3,(H,24,27)/p+2/t18-/m0/s1. The Morgan fingerprint density at radius 1 is 0.966 bits per heavy atom. The van der Waals surface area contributed by atoms with Crippen molar-refractivity contribution >= 4 is 5.91 Å². The highest BCUT2D eigenvalue weighted by molar-refractivity contribution is 5.77. The number of hydrogen-bond acceptors (Lipinski definition) is 3. The van der Waals surface area contributed by atoms with E-state index in [4.69, 9.17) is 9.47 Å². The van der Waals surface area contributed by atoms with Gasteiger partial charge >= 0.3 is 0 Å². The minimum absolute atomic E-state index is 0.0530. The summed E-state index contributed by atoms with van der Waals surface area (Å²) >= 11 is 0. The summed E-state index contributed by atoms with van der Waals surface area (Å²) in [7, 11) is 0. The van der Waals surface area contributed by atoms with Crippen LogP contribution in [0.2, 0.25) is 0 Å². The number of quaternary nitrogens is 2. The largest absolute Gasteiger partial charge is 0.486 e. The van der Waals surface area contributed by atoms with Crippen LogP contribution in [0.5, 0.6) is 11.5 Å². The van der Waals surface area contributed by atoms with E-state index in [2.05, 4.69) is 35.6 Å². The lowest BCUT2D eigenvalue weighted by Crippen LogP contribution is -3.28. The molecule has 2 aliphatic heterocycles. The van der Waals surface area contributed by atoms with Crippen LogP contribution in [0.25, 0.3) is 0 Å². The number of fused-ring (bicyclic) bond motifs is 1. The highest BCUT2D eigenvalue weighted by atomic mass is 16.6. The first-order valence-corrected chi connectivity index (χ1v) is 10.6. The fraction of sp³-hybridized carbons (Fsp3) is 0.435. The molecule has 1 saturated heterocycles. The van der Waals surface area contributed by atoms with Crippen LogP contribution >= 0.6 is 0 Å². The summed E-state index contributed by atoms with van der Waals surface area (Å²) < 4.78 is 11.2. The molecule has 0 saturated carbocycles. The van der Waals surface area contributed by atoms with Crippen molar-refractivity contribution in [2.45, 2.75) is 19.5 Å². The van der Waals surface area contributed by atoms with Crippen molar-refractivity contribution < 1.29 is 24.1 Å². The SMILES string of the molecule is C[C@H](NC(=O)C[NH+]1CC[NH+](Cc2ccccc2)CC1)c1ccc2c(c1)OCCO2. The molecule has 0 bridgehead atoms. The number of carbonyl (C=O) groups excluding carboxylic acids is 1. The second-order valence-electron chi connectivity index (χ2n) is 8.03. The third-order valence-corrected chi connectivity index (χ3v) is 5.82. The van der Waals surface area contributed by atoms with Gasteiger partial charge in [-0.05, 0) is 24.6 Å². The number of benzene rings is 2. The Morgan fingerprint density at radius 2 is 1.66 bits per heavy atom. The summed E-state index contributed by atoms with van der Waals surface area (Å²) in [6.45, 7) is 9.06. The number of piperazine rings is 1. The van der Waals surface area contributed by atoms with Gasteiger partial charge in [-0.25, -0.2) is 0 Å². The van der Waals surface area contributed by atoms with Gasteiger partial charge in [0.15, 0.2) is 18.0 Å². The molecule has 0 aromatic heterocycles. The quantitative estimate of drug-likeness (QED) is 0.623. The molecule has 0 aliphatic carbocycles. The van der Waals surface area contributed by atoms with Crippen molar-refractivity contribution in [1.29, 1.82) is 0 Å². The zero-order valence-electron chi connectivity index (χ0n) is 17.1. The van der Waals surface area contributed by atoms with E-state index in [1.165, 1.54) is 10.5 Å². The first-order chi connectivity index (χ1) is 14.2. The molecule has 29 heavy (non-hydrogen) atoms. The number of amides is 1. The van der Waals surface area contributed by atoms with Crippen molar-refractivity contribution in [3.05, 3.63) is 59.7 Å². The fourth-order valence-electron chi connectivity index (χ4n) is 4.13. The molecule has 2 aromatic carbocycles. The van der Waals surface area contributed by atoms with Gasteiger partial charge < -0.3 is 24.6 Å². The molecule has 2 heterocycles. The maximum atomic E-state index is 12.6. The minimum Gasteiger partial charge on any atom is -0.486 e. The van der Waals surface area contributed by atoms with Gasteiger partial charge in [0.1, 0.15) is 45.9 Å². The average molecular weight is 398 g/mol. The van der Waals surface area contributed by atoms with Crippen LogP contribution in [-0.4, -0.2) is 51.8 Å². The lowest BCUT2D eigenvalue weighted by molar-refractivity contribution is -1.02. The van der Waals surface area contributed by atoms with E-state index in [1.807, 2.05) is 25.1 Å². The van der Waals surface area contributed by atoms with Crippen molar-refractivity contribution in [1.82, 2.24) is 5.32 Å². The van der Waals surface area contributed by atoms with E-state index in [1.54, 1.807) is 4.90 Å². The van der Waals surface area contributed by atoms with Crippen molar-refractivity contribution in [3.63, 3.8) is 0 Å². The molecule has 6 heteroatoms. The van der Waals surface area contributed by atoms with Crippen molar-refractivity contribution in [2.24, 2.45) is 0 Å². The molecule has 0 radical (unpaired) electrons. The molecule has 3 N–H and O–H groups in total. The van der Waals surface area contributed by atoms with Crippen molar-refractivity contribution in [3.8, 4) is 11.5 Å². The molecule has 154 valence electrons. The Labute approximate surface area is 172 Å². The zero-order chi connectivity index (χ0) is 20.1. The van der Waals surface area contributed by atoms with Gasteiger partial charge in [-0.3, -0.25) is 4.79 Å². The van der Waals surface area contributed by atoms with Crippen molar-refractivity contribution in [2.75, 3.05) is 45.9 Å². The summed E-state index contributed by atoms with van der Waals surface area (Å²) in [4.78, 5) is 15.5. The number of hydrogen-bond donors (Lipinski definition) is 3. The zero-order valence-corrected chi connectivity index (χ0v) is 17.1. The van der Waals surface area contributed by atoms with Crippen LogP contribution < -0.4 is 24.6 Å².